The van der Waals surface area contributed by atoms with E-state index in [2.05, 4.69) is 29.6 Å². The molecule has 25 heavy (non-hydrogen) atoms. The lowest BCUT2D eigenvalue weighted by molar-refractivity contribution is 0.0662. The Labute approximate surface area is 155 Å². The van der Waals surface area contributed by atoms with Crippen LogP contribution in [0.25, 0.3) is 11.0 Å². The molecule has 3 rings (SSSR count). The van der Waals surface area contributed by atoms with Crippen LogP contribution >= 0.6 is 11.6 Å². The highest BCUT2D eigenvalue weighted by atomic mass is 35.5. The van der Waals surface area contributed by atoms with Crippen LogP contribution in [0.2, 0.25) is 30.8 Å². The van der Waals surface area contributed by atoms with E-state index in [1.54, 1.807) is 0 Å². The maximum atomic E-state index is 10.9. The molecule has 1 fully saturated rings. The lowest BCUT2D eigenvalue weighted by Crippen LogP contribution is -2.22. The van der Waals surface area contributed by atoms with Crippen molar-refractivity contribution < 1.29 is 9.84 Å². The van der Waals surface area contributed by atoms with E-state index in [9.17, 15) is 5.11 Å². The fourth-order valence-electron chi connectivity index (χ4n) is 3.51. The first kappa shape index (κ1) is 18.8. The largest absolute Gasteiger partial charge is 0.387 e. The number of hydrogen-bond acceptors (Lipinski definition) is 4. The van der Waals surface area contributed by atoms with Gasteiger partial charge in [0.1, 0.15) is 18.6 Å². The topological polar surface area (TPSA) is 60.2 Å². The van der Waals surface area contributed by atoms with Gasteiger partial charge in [0, 0.05) is 14.7 Å². The molecular weight excluding hydrogens is 354 g/mol. The summed E-state index contributed by atoms with van der Waals surface area (Å²) < 4.78 is 7.91. The van der Waals surface area contributed by atoms with Crippen LogP contribution in [0, 0.1) is 5.92 Å². The number of hydrogen-bond donors (Lipinski definition) is 1. The van der Waals surface area contributed by atoms with Crippen LogP contribution in [-0.4, -0.2) is 34.3 Å². The molecule has 1 aliphatic carbocycles. The van der Waals surface area contributed by atoms with Crippen LogP contribution < -0.4 is 0 Å². The minimum absolute atomic E-state index is 0.303. The summed E-state index contributed by atoms with van der Waals surface area (Å²) >= 11 is 6.32. The lowest BCUT2D eigenvalue weighted by Gasteiger charge is -2.21. The van der Waals surface area contributed by atoms with Crippen molar-refractivity contribution in [2.45, 2.75) is 64.2 Å². The average Bonchev–Trinajstić information content (AvgIpc) is 3.18. The van der Waals surface area contributed by atoms with Gasteiger partial charge in [0.15, 0.2) is 5.15 Å². The van der Waals surface area contributed by atoms with E-state index in [1.807, 2.05) is 10.6 Å². The highest BCUT2D eigenvalue weighted by Gasteiger charge is 2.28. The number of rotatable bonds is 7. The first-order valence-electron chi connectivity index (χ1n) is 9.12. The molecule has 1 aliphatic rings. The average molecular weight is 382 g/mol. The first-order valence-corrected chi connectivity index (χ1v) is 13.2. The molecule has 138 valence electrons. The normalized spacial score (nSPS) is 17.5. The molecule has 5 nitrogen and oxygen atoms in total. The highest BCUT2D eigenvalue weighted by Crippen LogP contribution is 2.38. The Morgan fingerprint density at radius 1 is 1.32 bits per heavy atom. The van der Waals surface area contributed by atoms with Gasteiger partial charge in [-0.15, -0.1) is 0 Å². The van der Waals surface area contributed by atoms with Gasteiger partial charge >= 0.3 is 0 Å². The van der Waals surface area contributed by atoms with E-state index < -0.39 is 14.2 Å². The summed E-state index contributed by atoms with van der Waals surface area (Å²) in [5.74, 6) is 0.303. The number of fused-ring (bicyclic) bond motifs is 1. The summed E-state index contributed by atoms with van der Waals surface area (Å²) in [6.45, 7) is 8.10. The van der Waals surface area contributed by atoms with Crippen molar-refractivity contribution in [1.82, 2.24) is 14.5 Å². The van der Waals surface area contributed by atoms with Crippen LogP contribution in [0.3, 0.4) is 0 Å². The molecule has 0 bridgehead atoms. The second-order valence-electron chi connectivity index (χ2n) is 8.23. The molecule has 1 atom stereocenters. The molecule has 0 saturated heterocycles. The van der Waals surface area contributed by atoms with E-state index in [4.69, 9.17) is 16.3 Å². The Morgan fingerprint density at radius 3 is 2.72 bits per heavy atom. The predicted octanol–water partition coefficient (Wildman–Crippen LogP) is 4.62. The van der Waals surface area contributed by atoms with Crippen molar-refractivity contribution in [3.05, 3.63) is 23.2 Å². The molecule has 0 spiro atoms. The van der Waals surface area contributed by atoms with E-state index in [0.717, 1.165) is 42.2 Å². The van der Waals surface area contributed by atoms with Crippen molar-refractivity contribution >= 4 is 30.7 Å². The number of aliphatic hydroxyl groups is 1. The summed E-state index contributed by atoms with van der Waals surface area (Å²) in [6, 6.07) is 3.05. The Bertz CT molecular complexity index is 723. The molecule has 2 heterocycles. The van der Waals surface area contributed by atoms with E-state index in [-0.39, 0.29) is 0 Å². The van der Waals surface area contributed by atoms with Crippen molar-refractivity contribution in [2.75, 3.05) is 6.61 Å². The third-order valence-electron chi connectivity index (χ3n) is 5.04. The Balaban J connectivity index is 1.86. The SMILES string of the molecule is C[Si](C)(C)CCOCn1c(C(O)C2CCCC2)cc2ncnc(Cl)c21. The molecule has 0 aliphatic heterocycles. The summed E-state index contributed by atoms with van der Waals surface area (Å²) in [6.07, 6.45) is 5.47. The van der Waals surface area contributed by atoms with Crippen LogP contribution in [0.15, 0.2) is 12.4 Å². The van der Waals surface area contributed by atoms with Crippen LogP contribution in [0.5, 0.6) is 0 Å². The van der Waals surface area contributed by atoms with Gasteiger partial charge in [-0.2, -0.15) is 0 Å². The number of aliphatic hydroxyl groups excluding tert-OH is 1. The van der Waals surface area contributed by atoms with Crippen LogP contribution in [0.4, 0.5) is 0 Å². The van der Waals surface area contributed by atoms with Gasteiger partial charge in [0.05, 0.1) is 17.3 Å². The second-order valence-corrected chi connectivity index (χ2v) is 14.2. The molecule has 0 aromatic carbocycles. The van der Waals surface area contributed by atoms with Crippen molar-refractivity contribution in [1.29, 1.82) is 0 Å². The summed E-state index contributed by atoms with van der Waals surface area (Å²) in [4.78, 5) is 8.43. The smallest absolute Gasteiger partial charge is 0.156 e. The van der Waals surface area contributed by atoms with Gasteiger partial charge in [-0.1, -0.05) is 44.1 Å². The van der Waals surface area contributed by atoms with Crippen LogP contribution in [0.1, 0.15) is 37.5 Å². The third-order valence-corrected chi connectivity index (χ3v) is 7.02. The third kappa shape index (κ3) is 4.42. The summed E-state index contributed by atoms with van der Waals surface area (Å²) in [5, 5.41) is 11.3. The van der Waals surface area contributed by atoms with Gasteiger partial charge in [0.25, 0.3) is 0 Å². The maximum Gasteiger partial charge on any atom is 0.156 e. The second kappa shape index (κ2) is 7.74. The number of nitrogens with zero attached hydrogens (tertiary/aromatic N) is 3. The highest BCUT2D eigenvalue weighted by molar-refractivity contribution is 6.76. The van der Waals surface area contributed by atoms with Crippen molar-refractivity contribution in [3.63, 3.8) is 0 Å². The lowest BCUT2D eigenvalue weighted by atomic mass is 9.98. The van der Waals surface area contributed by atoms with Crippen LogP contribution in [-0.2, 0) is 11.5 Å². The quantitative estimate of drug-likeness (QED) is 0.432. The van der Waals surface area contributed by atoms with E-state index in [1.165, 1.54) is 19.2 Å². The fourth-order valence-corrected chi connectivity index (χ4v) is 4.50. The Morgan fingerprint density at radius 2 is 2.04 bits per heavy atom. The zero-order valence-electron chi connectivity index (χ0n) is 15.3. The predicted molar refractivity (Wildman–Crippen MR) is 104 cm³/mol. The molecule has 0 radical (unpaired) electrons. The zero-order chi connectivity index (χ0) is 18.0. The van der Waals surface area contributed by atoms with E-state index in [0.29, 0.717) is 17.8 Å². The first-order chi connectivity index (χ1) is 11.9. The molecule has 0 amide bonds. The molecule has 2 aromatic rings. The molecule has 1 saturated carbocycles. The zero-order valence-corrected chi connectivity index (χ0v) is 17.1. The number of aromatic nitrogens is 3. The monoisotopic (exact) mass is 381 g/mol. The van der Waals surface area contributed by atoms with E-state index >= 15 is 0 Å². The molecular formula is C18H28ClN3O2Si. The fraction of sp³-hybridized carbons (Fsp3) is 0.667. The molecule has 2 aromatic heterocycles. The molecule has 1 N–H and O–H groups in total. The minimum Gasteiger partial charge on any atom is -0.387 e. The number of halogens is 1. The van der Waals surface area contributed by atoms with Crippen molar-refractivity contribution in [3.8, 4) is 0 Å². The Hall–Kier alpha value is -0.953. The minimum atomic E-state index is -1.13. The standard InChI is InChI=1S/C18H28ClN3O2Si/c1-25(2,3)9-8-24-12-22-15(17(23)13-6-4-5-7-13)10-14-16(22)18(19)21-11-20-14/h10-11,13,17,23H,4-9,12H2,1-3H3. The maximum absolute atomic E-state index is 10.9. The van der Waals surface area contributed by atoms with Gasteiger partial charge in [-0.3, -0.25) is 0 Å². The molecule has 7 heteroatoms. The summed E-state index contributed by atoms with van der Waals surface area (Å²) in [7, 11) is -1.13. The van der Waals surface area contributed by atoms with Crippen molar-refractivity contribution in [2.24, 2.45) is 5.92 Å². The van der Waals surface area contributed by atoms with Gasteiger partial charge < -0.3 is 14.4 Å². The number of ether oxygens (including phenoxy) is 1. The van der Waals surface area contributed by atoms with Gasteiger partial charge in [-0.05, 0) is 30.9 Å². The summed E-state index contributed by atoms with van der Waals surface area (Å²) in [5.41, 5.74) is 2.36. The Kier molecular flexibility index (Phi) is 5.83. The molecule has 1 unspecified atom stereocenters. The van der Waals surface area contributed by atoms with Gasteiger partial charge in [-0.25, -0.2) is 9.97 Å². The van der Waals surface area contributed by atoms with Gasteiger partial charge in [0.2, 0.25) is 0 Å².